The highest BCUT2D eigenvalue weighted by Gasteiger charge is 2.18. The number of carbonyl (C=O) groups excluding carboxylic acids is 2. The Morgan fingerprint density at radius 2 is 1.93 bits per heavy atom. The van der Waals surface area contributed by atoms with E-state index in [2.05, 4.69) is 26.3 Å². The minimum absolute atomic E-state index is 0.0205. The Bertz CT molecular complexity index is 778. The quantitative estimate of drug-likeness (QED) is 0.719. The summed E-state index contributed by atoms with van der Waals surface area (Å²) in [5, 5.41) is 17.1. The molecule has 0 aliphatic carbocycles. The fourth-order valence-electron chi connectivity index (χ4n) is 2.90. The van der Waals surface area contributed by atoms with Crippen molar-refractivity contribution in [2.45, 2.75) is 39.3 Å². The van der Waals surface area contributed by atoms with Crippen molar-refractivity contribution in [1.29, 1.82) is 0 Å². The van der Waals surface area contributed by atoms with Crippen LogP contribution in [0, 0.1) is 5.92 Å². The number of aromatic nitrogens is 3. The van der Waals surface area contributed by atoms with Crippen LogP contribution in [0.1, 0.15) is 48.8 Å². The molecule has 3 rings (SSSR count). The summed E-state index contributed by atoms with van der Waals surface area (Å²) < 4.78 is 1.79. The first-order valence-corrected chi connectivity index (χ1v) is 9.33. The van der Waals surface area contributed by atoms with Gasteiger partial charge in [0.1, 0.15) is 0 Å². The molecule has 2 heterocycles. The first-order valence-electron chi connectivity index (χ1n) is 9.33. The Hall–Kier alpha value is -2.74. The summed E-state index contributed by atoms with van der Waals surface area (Å²) in [4.78, 5) is 24.0. The lowest BCUT2D eigenvalue weighted by atomic mass is 10.1. The maximum absolute atomic E-state index is 12.3. The summed E-state index contributed by atoms with van der Waals surface area (Å²) in [6.45, 7) is 6.00. The van der Waals surface area contributed by atoms with Crippen LogP contribution in [0.2, 0.25) is 0 Å². The van der Waals surface area contributed by atoms with Gasteiger partial charge in [0.2, 0.25) is 5.91 Å². The molecule has 0 bridgehead atoms. The zero-order valence-corrected chi connectivity index (χ0v) is 15.7. The number of hydrogen-bond donors (Lipinski definition) is 3. The second kappa shape index (κ2) is 8.77. The van der Waals surface area contributed by atoms with Gasteiger partial charge in [-0.2, -0.15) is 0 Å². The van der Waals surface area contributed by atoms with E-state index in [4.69, 9.17) is 0 Å². The van der Waals surface area contributed by atoms with Crippen LogP contribution in [0.5, 0.6) is 0 Å². The van der Waals surface area contributed by atoms with Gasteiger partial charge in [-0.3, -0.25) is 9.59 Å². The molecular weight excluding hydrogens is 344 g/mol. The normalized spacial score (nSPS) is 14.9. The van der Waals surface area contributed by atoms with Crippen LogP contribution in [-0.2, 0) is 11.3 Å². The van der Waals surface area contributed by atoms with Crippen LogP contribution in [0.25, 0.3) is 0 Å². The Morgan fingerprint density at radius 1 is 1.22 bits per heavy atom. The molecule has 144 valence electrons. The molecule has 0 atom stereocenters. The average Bonchev–Trinajstić information content (AvgIpc) is 3.18. The van der Waals surface area contributed by atoms with E-state index in [-0.39, 0.29) is 17.7 Å². The van der Waals surface area contributed by atoms with Crippen LogP contribution in [0.3, 0.4) is 0 Å². The lowest BCUT2D eigenvalue weighted by molar-refractivity contribution is -0.118. The predicted molar refractivity (Wildman–Crippen MR) is 102 cm³/mol. The molecular formula is C19H26N6O2. The van der Waals surface area contributed by atoms with Crippen LogP contribution >= 0.6 is 0 Å². The molecule has 1 aromatic carbocycles. The second-order valence-electron chi connectivity index (χ2n) is 7.09. The van der Waals surface area contributed by atoms with Crippen molar-refractivity contribution in [3.8, 4) is 0 Å². The van der Waals surface area contributed by atoms with E-state index in [9.17, 15) is 9.59 Å². The zero-order chi connectivity index (χ0) is 19.2. The van der Waals surface area contributed by atoms with E-state index in [1.54, 1.807) is 10.9 Å². The Labute approximate surface area is 158 Å². The molecule has 1 aliphatic rings. The number of nitrogens with zero attached hydrogens (tertiary/aromatic N) is 3. The molecule has 27 heavy (non-hydrogen) atoms. The van der Waals surface area contributed by atoms with E-state index < -0.39 is 0 Å². The van der Waals surface area contributed by atoms with Gasteiger partial charge in [0.15, 0.2) is 5.69 Å². The molecule has 8 nitrogen and oxygen atoms in total. The molecule has 3 N–H and O–H groups in total. The molecule has 1 fully saturated rings. The number of rotatable bonds is 6. The first kappa shape index (κ1) is 19.0. The van der Waals surface area contributed by atoms with Crippen LogP contribution < -0.4 is 16.0 Å². The lowest BCUT2D eigenvalue weighted by Crippen LogP contribution is -2.29. The molecule has 0 spiro atoms. The van der Waals surface area contributed by atoms with Gasteiger partial charge in [-0.15, -0.1) is 5.10 Å². The minimum atomic E-state index is -0.243. The van der Waals surface area contributed by atoms with Gasteiger partial charge < -0.3 is 16.0 Å². The van der Waals surface area contributed by atoms with Crippen LogP contribution in [0.15, 0.2) is 30.5 Å². The maximum atomic E-state index is 12.3. The Balaban J connectivity index is 1.51. The van der Waals surface area contributed by atoms with Crippen molar-refractivity contribution in [2.24, 2.45) is 5.92 Å². The van der Waals surface area contributed by atoms with Crippen molar-refractivity contribution >= 4 is 17.5 Å². The predicted octanol–water partition coefficient (Wildman–Crippen LogP) is 1.73. The highest BCUT2D eigenvalue weighted by molar-refractivity contribution is 5.92. The first-order chi connectivity index (χ1) is 13.0. The van der Waals surface area contributed by atoms with Gasteiger partial charge in [-0.05, 0) is 43.6 Å². The number of carbonyl (C=O) groups is 2. The van der Waals surface area contributed by atoms with Crippen molar-refractivity contribution in [2.75, 3.05) is 18.4 Å². The highest BCUT2D eigenvalue weighted by Crippen LogP contribution is 2.17. The molecule has 0 unspecified atom stereocenters. The third-order valence-electron chi connectivity index (χ3n) is 4.62. The zero-order valence-electron chi connectivity index (χ0n) is 15.7. The topological polar surface area (TPSA) is 101 Å². The molecule has 2 aromatic rings. The highest BCUT2D eigenvalue weighted by atomic mass is 16.2. The van der Waals surface area contributed by atoms with E-state index in [0.717, 1.165) is 37.2 Å². The summed E-state index contributed by atoms with van der Waals surface area (Å²) in [6, 6.07) is 7.71. The van der Waals surface area contributed by atoms with E-state index >= 15 is 0 Å². The van der Waals surface area contributed by atoms with Crippen molar-refractivity contribution in [3.05, 3.63) is 41.7 Å². The summed E-state index contributed by atoms with van der Waals surface area (Å²) in [7, 11) is 0. The van der Waals surface area contributed by atoms with Crippen LogP contribution in [0.4, 0.5) is 5.69 Å². The monoisotopic (exact) mass is 370 g/mol. The van der Waals surface area contributed by atoms with Gasteiger partial charge in [0.25, 0.3) is 5.91 Å². The number of benzene rings is 1. The largest absolute Gasteiger partial charge is 0.347 e. The van der Waals surface area contributed by atoms with E-state index in [1.165, 1.54) is 0 Å². The van der Waals surface area contributed by atoms with E-state index in [0.29, 0.717) is 18.3 Å². The standard InChI is InChI=1S/C19H26N6O2/c1-13(2)18(26)22-15-5-3-14(4-6-15)11-21-19(27)17-12-25(24-23-17)16-7-9-20-10-8-16/h3-6,12-13,16,20H,7-11H2,1-2H3,(H,21,27)(H,22,26). The molecule has 0 radical (unpaired) electrons. The summed E-state index contributed by atoms with van der Waals surface area (Å²) >= 11 is 0. The summed E-state index contributed by atoms with van der Waals surface area (Å²) in [5.74, 6) is -0.331. The van der Waals surface area contributed by atoms with Gasteiger partial charge in [-0.25, -0.2) is 4.68 Å². The minimum Gasteiger partial charge on any atom is -0.347 e. The molecule has 1 aromatic heterocycles. The molecule has 8 heteroatoms. The average molecular weight is 370 g/mol. The number of anilines is 1. The van der Waals surface area contributed by atoms with Gasteiger partial charge >= 0.3 is 0 Å². The third-order valence-corrected chi connectivity index (χ3v) is 4.62. The molecule has 2 amide bonds. The Morgan fingerprint density at radius 3 is 2.59 bits per heavy atom. The smallest absolute Gasteiger partial charge is 0.273 e. The number of amides is 2. The van der Waals surface area contributed by atoms with Gasteiger partial charge in [-0.1, -0.05) is 31.2 Å². The fraction of sp³-hybridized carbons (Fsp3) is 0.474. The number of nitrogens with one attached hydrogen (secondary N) is 3. The Kier molecular flexibility index (Phi) is 6.18. The number of hydrogen-bond acceptors (Lipinski definition) is 5. The third kappa shape index (κ3) is 5.13. The van der Waals surface area contributed by atoms with E-state index in [1.807, 2.05) is 38.1 Å². The molecule has 1 saturated heterocycles. The fourth-order valence-corrected chi connectivity index (χ4v) is 2.90. The second-order valence-corrected chi connectivity index (χ2v) is 7.09. The SMILES string of the molecule is CC(C)C(=O)Nc1ccc(CNC(=O)c2cn(C3CCNCC3)nn2)cc1. The van der Waals surface area contributed by atoms with Gasteiger partial charge in [0, 0.05) is 18.2 Å². The maximum Gasteiger partial charge on any atom is 0.273 e. The van der Waals surface area contributed by atoms with Crippen molar-refractivity contribution < 1.29 is 9.59 Å². The van der Waals surface area contributed by atoms with Crippen molar-refractivity contribution in [3.63, 3.8) is 0 Å². The summed E-state index contributed by atoms with van der Waals surface area (Å²) in [5.41, 5.74) is 2.01. The molecule has 0 saturated carbocycles. The van der Waals surface area contributed by atoms with Gasteiger partial charge in [0.05, 0.1) is 12.2 Å². The molecule has 1 aliphatic heterocycles. The van der Waals surface area contributed by atoms with Crippen molar-refractivity contribution in [1.82, 2.24) is 25.6 Å². The number of piperidine rings is 1. The van der Waals surface area contributed by atoms with Crippen LogP contribution in [-0.4, -0.2) is 39.9 Å². The lowest BCUT2D eigenvalue weighted by Gasteiger charge is -2.22. The summed E-state index contributed by atoms with van der Waals surface area (Å²) in [6.07, 6.45) is 3.70.